The van der Waals surface area contributed by atoms with Crippen molar-refractivity contribution >= 4 is 11.6 Å². The highest BCUT2D eigenvalue weighted by Crippen LogP contribution is 2.29. The van der Waals surface area contributed by atoms with E-state index in [1.54, 1.807) is 0 Å². The van der Waals surface area contributed by atoms with Gasteiger partial charge >= 0.3 is 0 Å². The first-order chi connectivity index (χ1) is 11.3. The number of rotatable bonds is 3. The largest absolute Gasteiger partial charge is 0.326 e. The molecule has 1 saturated carbocycles. The first-order valence-corrected chi connectivity index (χ1v) is 8.57. The third-order valence-electron chi connectivity index (χ3n) is 5.20. The molecule has 23 heavy (non-hydrogen) atoms. The second kappa shape index (κ2) is 6.14. The van der Waals surface area contributed by atoms with Crippen LogP contribution in [-0.4, -0.2) is 20.7 Å². The van der Waals surface area contributed by atoms with Crippen LogP contribution in [0.25, 0.3) is 0 Å². The normalized spacial score (nSPS) is 21.1. The SMILES string of the molecule is O=C(Nc1ccc([C@@H]2CCc3nncn3C2)cc1)C1CCCC1. The molecule has 1 amide bonds. The second-order valence-electron chi connectivity index (χ2n) is 6.73. The molecule has 0 unspecified atom stereocenters. The van der Waals surface area contributed by atoms with Gasteiger partial charge in [0, 0.05) is 30.5 Å². The Balaban J connectivity index is 1.41. The summed E-state index contributed by atoms with van der Waals surface area (Å²) >= 11 is 0. The number of nitrogens with zero attached hydrogens (tertiary/aromatic N) is 3. The minimum atomic E-state index is 0.182. The van der Waals surface area contributed by atoms with Gasteiger partial charge in [-0.3, -0.25) is 4.79 Å². The Hall–Kier alpha value is -2.17. The van der Waals surface area contributed by atoms with Gasteiger partial charge in [-0.15, -0.1) is 10.2 Å². The number of fused-ring (bicyclic) bond motifs is 1. The standard InChI is InChI=1S/C18H22N4O/c23-18(14-3-1-2-4-14)20-16-8-5-13(6-9-16)15-7-10-17-21-19-12-22(17)11-15/h5-6,8-9,12,14-15H,1-4,7,10-11H2,(H,20,23)/t15-/m1/s1. The summed E-state index contributed by atoms with van der Waals surface area (Å²) in [6, 6.07) is 8.35. The Labute approximate surface area is 136 Å². The van der Waals surface area contributed by atoms with E-state index in [1.807, 2.05) is 18.5 Å². The summed E-state index contributed by atoms with van der Waals surface area (Å²) in [5.41, 5.74) is 2.23. The molecular formula is C18H22N4O. The molecule has 1 aliphatic heterocycles. The summed E-state index contributed by atoms with van der Waals surface area (Å²) in [5.74, 6) is 1.97. The van der Waals surface area contributed by atoms with E-state index in [4.69, 9.17) is 0 Å². The number of anilines is 1. The number of aromatic nitrogens is 3. The van der Waals surface area contributed by atoms with Gasteiger partial charge in [0.25, 0.3) is 0 Å². The molecule has 1 atom stereocenters. The molecular weight excluding hydrogens is 288 g/mol. The summed E-state index contributed by atoms with van der Waals surface area (Å²) in [5, 5.41) is 11.2. The number of amides is 1. The van der Waals surface area contributed by atoms with Crippen LogP contribution >= 0.6 is 0 Å². The highest BCUT2D eigenvalue weighted by atomic mass is 16.1. The van der Waals surface area contributed by atoms with Crippen LogP contribution in [0.2, 0.25) is 0 Å². The third kappa shape index (κ3) is 3.00. The van der Waals surface area contributed by atoms with Gasteiger partial charge in [-0.25, -0.2) is 0 Å². The number of carbonyl (C=O) groups is 1. The molecule has 1 aromatic heterocycles. The first kappa shape index (κ1) is 14.4. The van der Waals surface area contributed by atoms with E-state index in [9.17, 15) is 4.79 Å². The molecule has 1 aliphatic carbocycles. The predicted octanol–water partition coefficient (Wildman–Crippen LogP) is 3.14. The summed E-state index contributed by atoms with van der Waals surface area (Å²) in [7, 11) is 0. The van der Waals surface area contributed by atoms with Gasteiger partial charge in [0.05, 0.1) is 0 Å². The van der Waals surface area contributed by atoms with E-state index < -0.39 is 0 Å². The summed E-state index contributed by atoms with van der Waals surface area (Å²) in [6.07, 6.45) is 8.34. The Kier molecular flexibility index (Phi) is 3.85. The van der Waals surface area contributed by atoms with E-state index >= 15 is 0 Å². The minimum Gasteiger partial charge on any atom is -0.326 e. The van der Waals surface area contributed by atoms with Gasteiger partial charge in [0.15, 0.2) is 0 Å². The smallest absolute Gasteiger partial charge is 0.227 e. The van der Waals surface area contributed by atoms with Crippen molar-refractivity contribution in [2.75, 3.05) is 5.32 Å². The highest BCUT2D eigenvalue weighted by molar-refractivity contribution is 5.92. The molecule has 4 rings (SSSR count). The fourth-order valence-electron chi connectivity index (χ4n) is 3.80. The Morgan fingerprint density at radius 1 is 1.13 bits per heavy atom. The van der Waals surface area contributed by atoms with Gasteiger partial charge in [0.1, 0.15) is 12.2 Å². The van der Waals surface area contributed by atoms with Crippen molar-refractivity contribution in [1.82, 2.24) is 14.8 Å². The van der Waals surface area contributed by atoms with Crippen LogP contribution in [0.4, 0.5) is 5.69 Å². The van der Waals surface area contributed by atoms with Crippen molar-refractivity contribution in [2.45, 2.75) is 51.0 Å². The maximum atomic E-state index is 12.2. The number of nitrogens with one attached hydrogen (secondary N) is 1. The van der Waals surface area contributed by atoms with Crippen LogP contribution < -0.4 is 5.32 Å². The van der Waals surface area contributed by atoms with E-state index in [-0.39, 0.29) is 11.8 Å². The number of hydrogen-bond donors (Lipinski definition) is 1. The number of hydrogen-bond acceptors (Lipinski definition) is 3. The Bertz CT molecular complexity index is 685. The molecule has 2 aliphatic rings. The lowest BCUT2D eigenvalue weighted by molar-refractivity contribution is -0.119. The fourth-order valence-corrected chi connectivity index (χ4v) is 3.80. The molecule has 0 bridgehead atoms. The lowest BCUT2D eigenvalue weighted by Gasteiger charge is -2.23. The molecule has 0 spiro atoms. The zero-order chi connectivity index (χ0) is 15.6. The van der Waals surface area contributed by atoms with Crippen LogP contribution in [0.15, 0.2) is 30.6 Å². The number of aryl methyl sites for hydroxylation is 1. The van der Waals surface area contributed by atoms with Crippen molar-refractivity contribution in [3.05, 3.63) is 42.0 Å². The molecule has 0 saturated heterocycles. The van der Waals surface area contributed by atoms with Crippen LogP contribution in [-0.2, 0) is 17.8 Å². The third-order valence-corrected chi connectivity index (χ3v) is 5.20. The van der Waals surface area contributed by atoms with Crippen molar-refractivity contribution in [3.63, 3.8) is 0 Å². The maximum absolute atomic E-state index is 12.2. The Morgan fingerprint density at radius 3 is 2.70 bits per heavy atom. The molecule has 1 N–H and O–H groups in total. The first-order valence-electron chi connectivity index (χ1n) is 8.57. The number of carbonyl (C=O) groups excluding carboxylic acids is 1. The van der Waals surface area contributed by atoms with Crippen LogP contribution in [0.1, 0.15) is 49.4 Å². The van der Waals surface area contributed by atoms with Gasteiger partial charge < -0.3 is 9.88 Å². The molecule has 2 aromatic rings. The van der Waals surface area contributed by atoms with Crippen LogP contribution in [0.5, 0.6) is 0 Å². The van der Waals surface area contributed by atoms with Crippen LogP contribution in [0.3, 0.4) is 0 Å². The van der Waals surface area contributed by atoms with E-state index in [0.717, 1.165) is 43.7 Å². The molecule has 1 fully saturated rings. The molecule has 0 radical (unpaired) electrons. The average molecular weight is 310 g/mol. The van der Waals surface area contributed by atoms with Crippen molar-refractivity contribution < 1.29 is 4.79 Å². The molecule has 5 nitrogen and oxygen atoms in total. The minimum absolute atomic E-state index is 0.182. The lowest BCUT2D eigenvalue weighted by atomic mass is 9.91. The molecule has 2 heterocycles. The zero-order valence-electron chi connectivity index (χ0n) is 13.2. The Morgan fingerprint density at radius 2 is 1.91 bits per heavy atom. The van der Waals surface area contributed by atoms with E-state index in [0.29, 0.717) is 5.92 Å². The summed E-state index contributed by atoms with van der Waals surface area (Å²) in [6.45, 7) is 0.941. The van der Waals surface area contributed by atoms with Gasteiger partial charge in [-0.05, 0) is 37.0 Å². The lowest BCUT2D eigenvalue weighted by Crippen LogP contribution is -2.20. The van der Waals surface area contributed by atoms with Gasteiger partial charge in [-0.1, -0.05) is 25.0 Å². The van der Waals surface area contributed by atoms with E-state index in [1.165, 1.54) is 18.4 Å². The monoisotopic (exact) mass is 310 g/mol. The zero-order valence-corrected chi connectivity index (χ0v) is 13.2. The maximum Gasteiger partial charge on any atom is 0.227 e. The average Bonchev–Trinajstić information content (AvgIpc) is 3.26. The van der Waals surface area contributed by atoms with E-state index in [2.05, 4.69) is 32.2 Å². The quantitative estimate of drug-likeness (QED) is 0.947. The van der Waals surface area contributed by atoms with Gasteiger partial charge in [-0.2, -0.15) is 0 Å². The van der Waals surface area contributed by atoms with Gasteiger partial charge in [0.2, 0.25) is 5.91 Å². The highest BCUT2D eigenvalue weighted by Gasteiger charge is 2.23. The predicted molar refractivity (Wildman–Crippen MR) is 88.1 cm³/mol. The topological polar surface area (TPSA) is 59.8 Å². The second-order valence-corrected chi connectivity index (χ2v) is 6.73. The molecule has 5 heteroatoms. The fraction of sp³-hybridized carbons (Fsp3) is 0.500. The molecule has 120 valence electrons. The number of benzene rings is 1. The molecule has 1 aromatic carbocycles. The van der Waals surface area contributed by atoms with Crippen LogP contribution in [0, 0.1) is 5.92 Å². The van der Waals surface area contributed by atoms with Crippen molar-refractivity contribution in [2.24, 2.45) is 5.92 Å². The summed E-state index contributed by atoms with van der Waals surface area (Å²) in [4.78, 5) is 12.2. The van der Waals surface area contributed by atoms with Crippen molar-refractivity contribution in [1.29, 1.82) is 0 Å². The van der Waals surface area contributed by atoms with Crippen molar-refractivity contribution in [3.8, 4) is 0 Å². The summed E-state index contributed by atoms with van der Waals surface area (Å²) < 4.78 is 2.14.